The number of carbonyl (C=O) groups excluding carboxylic acids is 1. The van der Waals surface area contributed by atoms with Gasteiger partial charge in [0.25, 0.3) is 0 Å². The van der Waals surface area contributed by atoms with E-state index in [1.54, 1.807) is 7.11 Å². The van der Waals surface area contributed by atoms with E-state index in [0.29, 0.717) is 17.5 Å². The maximum Gasteiger partial charge on any atom is 0.150 e. The lowest BCUT2D eigenvalue weighted by Gasteiger charge is -2.43. The quantitative estimate of drug-likeness (QED) is 0.177. The van der Waals surface area contributed by atoms with Gasteiger partial charge in [-0.05, 0) is 79.2 Å². The lowest BCUT2D eigenvalue weighted by molar-refractivity contribution is -0.116. The van der Waals surface area contributed by atoms with Crippen LogP contribution in [0.25, 0.3) is 0 Å². The average Bonchev–Trinajstić information content (AvgIpc) is 2.80. The summed E-state index contributed by atoms with van der Waals surface area (Å²) in [5, 5.41) is 3.48. The molecule has 0 heterocycles. The molecule has 5 heteroatoms. The highest BCUT2D eigenvalue weighted by atomic mass is 32.1. The van der Waals surface area contributed by atoms with E-state index in [0.717, 1.165) is 54.4 Å². The van der Waals surface area contributed by atoms with Crippen LogP contribution < -0.4 is 10.1 Å². The van der Waals surface area contributed by atoms with E-state index >= 15 is 0 Å². The Morgan fingerprint density at radius 1 is 1.24 bits per heavy atom. The molecule has 0 bridgehead atoms. The van der Waals surface area contributed by atoms with Gasteiger partial charge in [-0.1, -0.05) is 64.7 Å². The number of ether oxygens (including phenoxy) is 2. The van der Waals surface area contributed by atoms with E-state index in [1.807, 2.05) is 31.2 Å². The van der Waals surface area contributed by atoms with Gasteiger partial charge >= 0.3 is 0 Å². The van der Waals surface area contributed by atoms with Gasteiger partial charge < -0.3 is 19.6 Å². The van der Waals surface area contributed by atoms with Crippen molar-refractivity contribution in [1.82, 2.24) is 5.32 Å². The molecule has 1 unspecified atom stereocenters. The normalized spacial score (nSPS) is 20.6. The Kier molecular flexibility index (Phi) is 10.3. The van der Waals surface area contributed by atoms with Gasteiger partial charge in [0.15, 0.2) is 0 Å². The zero-order valence-electron chi connectivity index (χ0n) is 21.1. The molecule has 1 fully saturated rings. The van der Waals surface area contributed by atoms with E-state index < -0.39 is 5.54 Å². The molecule has 1 saturated carbocycles. The van der Waals surface area contributed by atoms with Crippen molar-refractivity contribution in [1.29, 1.82) is 0 Å². The number of carbonyl (C=O) groups is 1. The molecule has 0 aromatic heterocycles. The molecule has 1 N–H and O–H groups in total. The van der Waals surface area contributed by atoms with Gasteiger partial charge in [0.1, 0.15) is 29.2 Å². The molecular weight excluding hydrogens is 430 g/mol. The first-order valence-corrected chi connectivity index (χ1v) is 12.5. The number of thiocarbonyl (C=S) groups is 1. The van der Waals surface area contributed by atoms with Crippen LogP contribution in [0.3, 0.4) is 0 Å². The van der Waals surface area contributed by atoms with Crippen LogP contribution in [0.4, 0.5) is 0 Å². The Hall–Kier alpha value is -1.98. The first-order chi connectivity index (χ1) is 15.6. The summed E-state index contributed by atoms with van der Waals surface area (Å²) in [6.45, 7) is 15.1. The molecule has 0 aliphatic heterocycles. The van der Waals surface area contributed by atoms with Crippen LogP contribution in [-0.4, -0.2) is 31.1 Å². The predicted molar refractivity (Wildman–Crippen MR) is 141 cm³/mol. The van der Waals surface area contributed by atoms with Gasteiger partial charge in [0.05, 0.1) is 6.10 Å². The first-order valence-electron chi connectivity index (χ1n) is 12.1. The molecule has 182 valence electrons. The van der Waals surface area contributed by atoms with Crippen molar-refractivity contribution in [2.45, 2.75) is 71.9 Å². The lowest BCUT2D eigenvalue weighted by atomic mass is 9.70. The van der Waals surface area contributed by atoms with Gasteiger partial charge in [-0.25, -0.2) is 0 Å². The second kappa shape index (κ2) is 12.5. The van der Waals surface area contributed by atoms with Crippen molar-refractivity contribution >= 4 is 23.5 Å². The van der Waals surface area contributed by atoms with Gasteiger partial charge in [-0.15, -0.1) is 0 Å². The summed E-state index contributed by atoms with van der Waals surface area (Å²) in [6.07, 6.45) is 9.05. The van der Waals surface area contributed by atoms with Gasteiger partial charge in [-0.2, -0.15) is 0 Å². The highest BCUT2D eigenvalue weighted by molar-refractivity contribution is 7.80. The van der Waals surface area contributed by atoms with Crippen molar-refractivity contribution in [3.05, 3.63) is 53.6 Å². The maximum absolute atomic E-state index is 13.0. The minimum atomic E-state index is -0.940. The molecular formula is C28H41NO3S. The SMILES string of the molecule is C=C(C(=S)NC(C=O)(c1cc(OC/C=C/C(C)C)ccc1C)[C@H]1CC[C@H](OC)CC1)C(C)C. The maximum atomic E-state index is 13.0. The highest BCUT2D eigenvalue weighted by Crippen LogP contribution is 2.41. The Balaban J connectivity index is 2.45. The number of aryl methyl sites for hydroxylation is 1. The fraction of sp³-hybridized carbons (Fsp3) is 0.571. The van der Waals surface area contributed by atoms with E-state index in [2.05, 4.69) is 45.7 Å². The molecule has 2 rings (SSSR count). The van der Waals surface area contributed by atoms with Crippen LogP contribution in [0.2, 0.25) is 0 Å². The molecule has 33 heavy (non-hydrogen) atoms. The predicted octanol–water partition coefficient (Wildman–Crippen LogP) is 6.31. The van der Waals surface area contributed by atoms with E-state index in [4.69, 9.17) is 21.7 Å². The fourth-order valence-corrected chi connectivity index (χ4v) is 4.88. The number of allylic oxidation sites excluding steroid dienone is 1. The van der Waals surface area contributed by atoms with Gasteiger partial charge in [-0.3, -0.25) is 0 Å². The molecule has 0 spiro atoms. The highest BCUT2D eigenvalue weighted by Gasteiger charge is 2.44. The number of benzene rings is 1. The summed E-state index contributed by atoms with van der Waals surface area (Å²) in [5.74, 6) is 1.51. The largest absolute Gasteiger partial charge is 0.490 e. The van der Waals surface area contributed by atoms with Gasteiger partial charge in [0, 0.05) is 7.11 Å². The summed E-state index contributed by atoms with van der Waals surface area (Å²) in [6, 6.07) is 5.99. The third-order valence-electron chi connectivity index (χ3n) is 6.67. The topological polar surface area (TPSA) is 47.6 Å². The van der Waals surface area contributed by atoms with Crippen LogP contribution in [0.1, 0.15) is 64.5 Å². The number of hydrogen-bond donors (Lipinski definition) is 1. The summed E-state index contributed by atoms with van der Waals surface area (Å²) in [5.41, 5.74) is 1.85. The molecule has 1 aromatic carbocycles. The van der Waals surface area contributed by atoms with Crippen LogP contribution in [0.15, 0.2) is 42.5 Å². The van der Waals surface area contributed by atoms with E-state index in [-0.39, 0.29) is 17.9 Å². The molecule has 0 amide bonds. The lowest BCUT2D eigenvalue weighted by Crippen LogP contribution is -2.54. The van der Waals surface area contributed by atoms with E-state index in [1.165, 1.54) is 0 Å². The summed E-state index contributed by atoms with van der Waals surface area (Å²) >= 11 is 5.73. The number of nitrogens with one attached hydrogen (secondary N) is 1. The zero-order valence-corrected chi connectivity index (χ0v) is 22.0. The fourth-order valence-electron chi connectivity index (χ4n) is 4.47. The second-order valence-corrected chi connectivity index (χ2v) is 10.2. The molecule has 1 aromatic rings. The molecule has 0 saturated heterocycles. The van der Waals surface area contributed by atoms with Crippen LogP contribution in [0, 0.1) is 24.7 Å². The summed E-state index contributed by atoms with van der Waals surface area (Å²) < 4.78 is 11.6. The van der Waals surface area contributed by atoms with Crippen molar-refractivity contribution < 1.29 is 14.3 Å². The molecule has 1 aliphatic rings. The monoisotopic (exact) mass is 471 g/mol. The van der Waals surface area contributed by atoms with Crippen molar-refractivity contribution in [2.75, 3.05) is 13.7 Å². The Bertz CT molecular complexity index is 853. The number of methoxy groups -OCH3 is 1. The smallest absolute Gasteiger partial charge is 0.150 e. The first kappa shape index (κ1) is 27.3. The number of aldehydes is 1. The van der Waals surface area contributed by atoms with Crippen molar-refractivity contribution in [3.8, 4) is 5.75 Å². The third kappa shape index (κ3) is 7.00. The van der Waals surface area contributed by atoms with Crippen molar-refractivity contribution in [3.63, 3.8) is 0 Å². The van der Waals surface area contributed by atoms with Crippen LogP contribution in [0.5, 0.6) is 5.75 Å². The number of rotatable bonds is 11. The minimum Gasteiger partial charge on any atom is -0.490 e. The Morgan fingerprint density at radius 3 is 2.45 bits per heavy atom. The average molecular weight is 472 g/mol. The standard InChI is InChI=1S/C28H41NO3S/c1-19(2)9-8-16-32-25-13-10-21(5)26(17-25)28(18-30,29-27(33)22(6)20(3)4)23-11-14-24(31-7)15-12-23/h8-10,13,17-20,23-24H,6,11-12,14-16H2,1-5,7H3,(H,29,33)/b9-8+/t23-,24-,28?. The van der Waals surface area contributed by atoms with Crippen LogP contribution >= 0.6 is 12.2 Å². The Morgan fingerprint density at radius 2 is 1.91 bits per heavy atom. The summed E-state index contributed by atoms with van der Waals surface area (Å²) in [7, 11) is 1.76. The van der Waals surface area contributed by atoms with Gasteiger partial charge in [0.2, 0.25) is 0 Å². The zero-order chi connectivity index (χ0) is 24.6. The third-order valence-corrected chi connectivity index (χ3v) is 7.03. The second-order valence-electron chi connectivity index (χ2n) is 9.79. The molecule has 0 radical (unpaired) electrons. The van der Waals surface area contributed by atoms with Crippen LogP contribution in [-0.2, 0) is 15.1 Å². The van der Waals surface area contributed by atoms with Crippen molar-refractivity contribution in [2.24, 2.45) is 17.8 Å². The minimum absolute atomic E-state index is 0.0918. The van der Waals surface area contributed by atoms with E-state index in [9.17, 15) is 4.79 Å². The number of hydrogen-bond acceptors (Lipinski definition) is 4. The molecule has 1 aliphatic carbocycles. The summed E-state index contributed by atoms with van der Waals surface area (Å²) in [4.78, 5) is 13.5. The molecule has 1 atom stereocenters. The Labute approximate surface area is 205 Å². The molecule has 4 nitrogen and oxygen atoms in total.